The van der Waals surface area contributed by atoms with E-state index < -0.39 is 58.8 Å². The Morgan fingerprint density at radius 2 is 1.70 bits per heavy atom. The second kappa shape index (κ2) is 13.2. The Morgan fingerprint density at radius 1 is 1.06 bits per heavy atom. The number of hydrogen-bond donors (Lipinski definition) is 2. The molecule has 1 aromatic heterocycles. The summed E-state index contributed by atoms with van der Waals surface area (Å²) in [6.45, 7) is 4.19. The maximum atomic E-state index is 14.9. The number of aromatic nitrogens is 1. The molecule has 11 nitrogen and oxygen atoms in total. The number of carbonyl (C=O) groups excluding carboxylic acids is 2. The highest BCUT2D eigenvalue weighted by Gasteiger charge is 2.65. The SMILES string of the molecule is CCCCOc1cc(C(OC)OC)c(C(F)(F)F)c2c1C(O)=C1C(=O)[C@]3(O)C(=O)c4c(OCCCC)noc4[C@@H](N(C)C)[C@@H]3C[C@@H]1C2. The van der Waals surface area contributed by atoms with Gasteiger partial charge in [-0.2, -0.15) is 13.2 Å². The number of Topliss-reactive ketones (excluding diaryl/α,β-unsaturated/α-hetero) is 2. The zero-order chi connectivity index (χ0) is 34.4. The molecule has 4 atom stereocenters. The number of nitrogens with zero attached hydrogens (tertiary/aromatic N) is 2. The van der Waals surface area contributed by atoms with Crippen molar-refractivity contribution in [2.75, 3.05) is 41.5 Å². The fraction of sp³-hybridized carbons (Fsp3) is 0.606. The van der Waals surface area contributed by atoms with Gasteiger partial charge < -0.3 is 33.7 Å². The first kappa shape index (κ1) is 34.9. The molecule has 14 heteroatoms. The maximum Gasteiger partial charge on any atom is 0.417 e. The van der Waals surface area contributed by atoms with Crippen LogP contribution in [0.1, 0.15) is 96.7 Å². The highest BCUT2D eigenvalue weighted by atomic mass is 19.4. The van der Waals surface area contributed by atoms with Crippen molar-refractivity contribution in [1.82, 2.24) is 10.1 Å². The molecule has 0 spiro atoms. The third-order valence-electron chi connectivity index (χ3n) is 9.37. The largest absolute Gasteiger partial charge is 0.507 e. The van der Waals surface area contributed by atoms with Crippen molar-refractivity contribution >= 4 is 17.3 Å². The predicted molar refractivity (Wildman–Crippen MR) is 161 cm³/mol. The van der Waals surface area contributed by atoms with E-state index >= 15 is 0 Å². The van der Waals surface area contributed by atoms with Crippen LogP contribution in [0.3, 0.4) is 0 Å². The summed E-state index contributed by atoms with van der Waals surface area (Å²) in [5, 5.41) is 27.9. The van der Waals surface area contributed by atoms with Crippen molar-refractivity contribution in [1.29, 1.82) is 0 Å². The fourth-order valence-electron chi connectivity index (χ4n) is 7.24. The first-order valence-electron chi connectivity index (χ1n) is 15.8. The van der Waals surface area contributed by atoms with E-state index in [0.29, 0.717) is 12.8 Å². The van der Waals surface area contributed by atoms with Gasteiger partial charge in [0.15, 0.2) is 17.7 Å². The Labute approximate surface area is 270 Å². The summed E-state index contributed by atoms with van der Waals surface area (Å²) in [6.07, 6.45) is -4.06. The Kier molecular flexibility index (Phi) is 9.80. The third-order valence-corrected chi connectivity index (χ3v) is 9.37. The summed E-state index contributed by atoms with van der Waals surface area (Å²) in [5.74, 6) is -5.16. The molecule has 0 amide bonds. The van der Waals surface area contributed by atoms with E-state index in [9.17, 15) is 33.0 Å². The number of ether oxygens (including phenoxy) is 4. The molecule has 47 heavy (non-hydrogen) atoms. The van der Waals surface area contributed by atoms with E-state index in [1.54, 1.807) is 19.0 Å². The first-order valence-corrected chi connectivity index (χ1v) is 15.8. The van der Waals surface area contributed by atoms with Crippen molar-refractivity contribution in [2.24, 2.45) is 11.8 Å². The van der Waals surface area contributed by atoms with Crippen molar-refractivity contribution in [2.45, 2.75) is 76.5 Å². The van der Waals surface area contributed by atoms with Crippen LogP contribution in [0.4, 0.5) is 13.2 Å². The summed E-state index contributed by atoms with van der Waals surface area (Å²) < 4.78 is 72.5. The molecule has 2 aromatic rings. The molecule has 2 N–H and O–H groups in total. The lowest BCUT2D eigenvalue weighted by Crippen LogP contribution is -2.63. The summed E-state index contributed by atoms with van der Waals surface area (Å²) in [6, 6.07) is 0.235. The molecule has 0 radical (unpaired) electrons. The molecular weight excluding hydrogens is 625 g/mol. The van der Waals surface area contributed by atoms with Gasteiger partial charge in [0.25, 0.3) is 5.88 Å². The lowest BCUT2D eigenvalue weighted by atomic mass is 9.57. The number of unbranched alkanes of at least 4 members (excludes halogenated alkanes) is 2. The lowest BCUT2D eigenvalue weighted by Gasteiger charge is -2.49. The highest BCUT2D eigenvalue weighted by Crippen LogP contribution is 2.57. The van der Waals surface area contributed by atoms with Gasteiger partial charge in [-0.1, -0.05) is 26.7 Å². The zero-order valence-corrected chi connectivity index (χ0v) is 27.3. The molecule has 1 fully saturated rings. The van der Waals surface area contributed by atoms with E-state index in [-0.39, 0.29) is 71.3 Å². The highest BCUT2D eigenvalue weighted by molar-refractivity contribution is 6.26. The minimum absolute atomic E-state index is 0.0924. The van der Waals surface area contributed by atoms with Crippen molar-refractivity contribution in [3.63, 3.8) is 0 Å². The summed E-state index contributed by atoms with van der Waals surface area (Å²) >= 11 is 0. The smallest absolute Gasteiger partial charge is 0.417 e. The van der Waals surface area contributed by atoms with Crippen molar-refractivity contribution in [3.05, 3.63) is 45.2 Å². The van der Waals surface area contributed by atoms with Gasteiger partial charge in [0.2, 0.25) is 11.6 Å². The van der Waals surface area contributed by atoms with Gasteiger partial charge in [0, 0.05) is 31.3 Å². The number of hydrogen-bond acceptors (Lipinski definition) is 11. The number of aliphatic hydroxyl groups excluding tert-OH is 1. The average molecular weight is 667 g/mol. The first-order chi connectivity index (χ1) is 22.3. The molecule has 0 bridgehead atoms. The van der Waals surface area contributed by atoms with Crippen LogP contribution in [0.2, 0.25) is 0 Å². The second-order valence-corrected chi connectivity index (χ2v) is 12.5. The van der Waals surface area contributed by atoms with Crippen LogP contribution in [0.15, 0.2) is 16.2 Å². The second-order valence-electron chi connectivity index (χ2n) is 12.5. The standard InChI is InChI=1S/C33H41F3N2O9/c1-7-9-11-45-20-15-18(31(43-5)44-6)24(33(34,35)36)17-13-16-14-19-25(38(3)4)27-23(30(37-47-27)46-12-10-8-2)29(41)32(19,42)28(40)21(16)26(39)22(17)20/h15-16,19,25,31,39,42H,7-14H2,1-6H3/t16-,19-,25-,32-/m0/s1. The Hall–Kier alpha value is -3.46. The molecule has 1 heterocycles. The van der Waals surface area contributed by atoms with Gasteiger partial charge in [0.05, 0.1) is 30.4 Å². The number of ketones is 2. The van der Waals surface area contributed by atoms with Crippen LogP contribution < -0.4 is 9.47 Å². The summed E-state index contributed by atoms with van der Waals surface area (Å²) in [5.41, 5.74) is -5.19. The van der Waals surface area contributed by atoms with Crippen LogP contribution in [-0.4, -0.2) is 79.0 Å². The minimum Gasteiger partial charge on any atom is -0.507 e. The van der Waals surface area contributed by atoms with E-state index in [4.69, 9.17) is 23.5 Å². The zero-order valence-electron chi connectivity index (χ0n) is 27.3. The molecule has 1 saturated carbocycles. The quantitative estimate of drug-likeness (QED) is 0.166. The monoisotopic (exact) mass is 666 g/mol. The lowest BCUT2D eigenvalue weighted by molar-refractivity contribution is -0.148. The van der Waals surface area contributed by atoms with Crippen molar-refractivity contribution in [3.8, 4) is 11.6 Å². The number of rotatable bonds is 12. The van der Waals surface area contributed by atoms with E-state index in [1.165, 1.54) is 14.2 Å². The van der Waals surface area contributed by atoms with Crippen molar-refractivity contribution < 1.29 is 56.4 Å². The van der Waals surface area contributed by atoms with Crippen LogP contribution in [0, 0.1) is 11.8 Å². The predicted octanol–water partition coefficient (Wildman–Crippen LogP) is 5.60. The number of carbonyl (C=O) groups is 2. The average Bonchev–Trinajstić information content (AvgIpc) is 3.42. The fourth-order valence-corrected chi connectivity index (χ4v) is 7.24. The Bertz CT molecular complexity index is 1560. The van der Waals surface area contributed by atoms with Crippen LogP contribution in [-0.2, 0) is 26.9 Å². The van der Waals surface area contributed by atoms with Gasteiger partial charge in [-0.3, -0.25) is 14.5 Å². The molecule has 0 saturated heterocycles. The summed E-state index contributed by atoms with van der Waals surface area (Å²) in [7, 11) is 5.75. The van der Waals surface area contributed by atoms with Gasteiger partial charge in [-0.05, 0) is 62.5 Å². The molecule has 3 aliphatic rings. The molecule has 5 rings (SSSR count). The molecule has 1 aromatic carbocycles. The van der Waals surface area contributed by atoms with Gasteiger partial charge >= 0.3 is 6.18 Å². The normalized spacial score (nSPS) is 24.0. The molecule has 3 aliphatic carbocycles. The van der Waals surface area contributed by atoms with Gasteiger partial charge in [0.1, 0.15) is 17.1 Å². The topological polar surface area (TPSA) is 141 Å². The summed E-state index contributed by atoms with van der Waals surface area (Å²) in [4.78, 5) is 30.2. The number of alkyl halides is 3. The van der Waals surface area contributed by atoms with E-state index in [2.05, 4.69) is 5.16 Å². The van der Waals surface area contributed by atoms with Gasteiger partial charge in [-0.15, -0.1) is 0 Å². The minimum atomic E-state index is -4.91. The van der Waals surface area contributed by atoms with E-state index in [0.717, 1.165) is 18.9 Å². The Balaban J connectivity index is 1.73. The Morgan fingerprint density at radius 3 is 2.28 bits per heavy atom. The molecule has 0 aliphatic heterocycles. The van der Waals surface area contributed by atoms with Gasteiger partial charge in [-0.25, -0.2) is 0 Å². The number of benzene rings is 1. The van der Waals surface area contributed by atoms with Crippen LogP contribution >= 0.6 is 0 Å². The number of methoxy groups -OCH3 is 2. The molecule has 258 valence electrons. The number of fused-ring (bicyclic) bond motifs is 4. The van der Waals surface area contributed by atoms with Crippen LogP contribution in [0.5, 0.6) is 11.6 Å². The molecule has 0 unspecified atom stereocenters. The van der Waals surface area contributed by atoms with E-state index in [1.807, 2.05) is 13.8 Å². The third kappa shape index (κ3) is 5.62. The van der Waals surface area contributed by atoms with Crippen LogP contribution in [0.25, 0.3) is 5.76 Å². The maximum absolute atomic E-state index is 14.9. The molecular formula is C33H41F3N2O9. The number of halogens is 3. The number of aliphatic hydroxyl groups is 2.